The molecule has 0 radical (unpaired) electrons. The molecular weight excluding hydrogens is 430 g/mol. The highest BCUT2D eigenvalue weighted by atomic mass is 31.2. The molecule has 0 aliphatic carbocycles. The summed E-state index contributed by atoms with van der Waals surface area (Å²) >= 11 is 0. The van der Waals surface area contributed by atoms with Crippen molar-refractivity contribution < 1.29 is 13.2 Å². The second-order valence-electron chi connectivity index (χ2n) is 11.2. The molecule has 0 N–H and O–H groups in total. The van der Waals surface area contributed by atoms with Crippen molar-refractivity contribution in [3.63, 3.8) is 0 Å². The Morgan fingerprint density at radius 3 is 1.52 bits per heavy atom. The van der Waals surface area contributed by atoms with E-state index in [1.54, 1.807) is 0 Å². The molecular formula is C29H34FO2P. The summed E-state index contributed by atoms with van der Waals surface area (Å²) < 4.78 is 27.5. The summed E-state index contributed by atoms with van der Waals surface area (Å²) in [5, 5.41) is 0. The third kappa shape index (κ3) is 4.66. The van der Waals surface area contributed by atoms with E-state index in [4.69, 9.17) is 9.05 Å². The second kappa shape index (κ2) is 8.44. The molecule has 3 aromatic carbocycles. The number of hydrogen-bond acceptors (Lipinski definition) is 2. The first-order valence-corrected chi connectivity index (χ1v) is 12.6. The zero-order valence-electron chi connectivity index (χ0n) is 20.9. The van der Waals surface area contributed by atoms with Crippen LogP contribution in [0.4, 0.5) is 4.20 Å². The quantitative estimate of drug-likeness (QED) is 0.334. The van der Waals surface area contributed by atoms with Crippen LogP contribution in [0, 0.1) is 13.8 Å². The van der Waals surface area contributed by atoms with Crippen molar-refractivity contribution in [3.8, 4) is 11.5 Å². The first kappa shape index (κ1) is 23.8. The molecule has 0 amide bonds. The van der Waals surface area contributed by atoms with Crippen molar-refractivity contribution in [1.82, 2.24) is 0 Å². The van der Waals surface area contributed by atoms with Gasteiger partial charge in [-0.3, -0.25) is 0 Å². The monoisotopic (exact) mass is 464 g/mol. The highest BCUT2D eigenvalue weighted by molar-refractivity contribution is 7.42. The van der Waals surface area contributed by atoms with E-state index < -0.39 is 8.69 Å². The van der Waals surface area contributed by atoms with Gasteiger partial charge in [-0.05, 0) is 30.2 Å². The maximum atomic E-state index is 15.5. The predicted octanol–water partition coefficient (Wildman–Crippen LogP) is 9.05. The molecule has 4 heteroatoms. The van der Waals surface area contributed by atoms with Crippen LogP contribution in [-0.2, 0) is 10.8 Å². The van der Waals surface area contributed by atoms with Crippen molar-refractivity contribution in [3.05, 3.63) is 93.5 Å². The lowest BCUT2D eigenvalue weighted by Crippen LogP contribution is -2.20. The largest absolute Gasteiger partial charge is 0.505 e. The minimum absolute atomic E-state index is 0.137. The average Bonchev–Trinajstić information content (AvgIpc) is 2.69. The lowest BCUT2D eigenvalue weighted by molar-refractivity contribution is 0.407. The van der Waals surface area contributed by atoms with Gasteiger partial charge in [0.25, 0.3) is 0 Å². The van der Waals surface area contributed by atoms with Crippen LogP contribution in [0.15, 0.2) is 54.6 Å². The number of fused-ring (bicyclic) bond motifs is 2. The maximum Gasteiger partial charge on any atom is 0.505 e. The predicted molar refractivity (Wildman–Crippen MR) is 136 cm³/mol. The van der Waals surface area contributed by atoms with E-state index in [0.29, 0.717) is 11.5 Å². The normalized spacial score (nSPS) is 18.3. The van der Waals surface area contributed by atoms with Crippen LogP contribution in [0.1, 0.15) is 86.4 Å². The molecule has 3 aromatic rings. The fourth-order valence-electron chi connectivity index (χ4n) is 4.68. The van der Waals surface area contributed by atoms with Gasteiger partial charge in [-0.25, -0.2) is 0 Å². The van der Waals surface area contributed by atoms with Crippen molar-refractivity contribution >= 4 is 8.69 Å². The molecule has 2 nitrogen and oxygen atoms in total. The Balaban J connectivity index is 2.14. The number of rotatable bonds is 1. The fraction of sp³-hybridized carbons (Fsp3) is 0.379. The molecule has 0 aromatic heterocycles. The summed E-state index contributed by atoms with van der Waals surface area (Å²) in [6, 6.07) is 18.9. The number of benzene rings is 3. The van der Waals surface area contributed by atoms with Gasteiger partial charge in [0, 0.05) is 28.2 Å². The van der Waals surface area contributed by atoms with E-state index in [-0.39, 0.29) is 16.7 Å². The van der Waals surface area contributed by atoms with Gasteiger partial charge in [0.15, 0.2) is 0 Å². The molecule has 0 unspecified atom stereocenters. The SMILES string of the molecule is Cc1cc2c(c(C(C)(C)C)c1)OP(F)Oc1c(cc(C)cc1C(C)(C)C)C2c1ccccc1. The Morgan fingerprint density at radius 2 is 1.12 bits per heavy atom. The van der Waals surface area contributed by atoms with Crippen molar-refractivity contribution in [2.45, 2.75) is 72.1 Å². The topological polar surface area (TPSA) is 18.5 Å². The van der Waals surface area contributed by atoms with Gasteiger partial charge in [-0.1, -0.05) is 107 Å². The van der Waals surface area contributed by atoms with Gasteiger partial charge in [-0.2, -0.15) is 0 Å². The Bertz CT molecular complexity index is 1100. The lowest BCUT2D eigenvalue weighted by Gasteiger charge is -2.34. The van der Waals surface area contributed by atoms with Gasteiger partial charge < -0.3 is 9.05 Å². The Kier molecular flexibility index (Phi) is 6.08. The number of halogens is 1. The minimum Gasteiger partial charge on any atom is -0.414 e. The molecule has 1 aliphatic rings. The molecule has 174 valence electrons. The van der Waals surface area contributed by atoms with Crippen LogP contribution in [0.25, 0.3) is 0 Å². The molecule has 1 heterocycles. The van der Waals surface area contributed by atoms with Crippen LogP contribution in [0.3, 0.4) is 0 Å². The van der Waals surface area contributed by atoms with Gasteiger partial charge in [0.2, 0.25) is 0 Å². The van der Waals surface area contributed by atoms with Gasteiger partial charge in [-0.15, -0.1) is 4.20 Å². The van der Waals surface area contributed by atoms with Gasteiger partial charge in [0.05, 0.1) is 0 Å². The van der Waals surface area contributed by atoms with E-state index >= 15 is 4.20 Å². The molecule has 0 saturated heterocycles. The summed E-state index contributed by atoms with van der Waals surface area (Å²) in [5.41, 5.74) is 6.97. The van der Waals surface area contributed by atoms with E-state index in [2.05, 4.69) is 104 Å². The van der Waals surface area contributed by atoms with Gasteiger partial charge in [0.1, 0.15) is 11.5 Å². The fourth-order valence-corrected chi connectivity index (χ4v) is 5.42. The molecule has 0 spiro atoms. The zero-order valence-corrected chi connectivity index (χ0v) is 21.8. The molecule has 0 bridgehead atoms. The molecule has 0 saturated carbocycles. The molecule has 33 heavy (non-hydrogen) atoms. The Morgan fingerprint density at radius 1 is 0.697 bits per heavy atom. The summed E-state index contributed by atoms with van der Waals surface area (Å²) in [5.74, 6) is 1.09. The van der Waals surface area contributed by atoms with E-state index in [0.717, 1.165) is 38.9 Å². The number of hydrogen-bond donors (Lipinski definition) is 0. The average molecular weight is 465 g/mol. The summed E-state index contributed by atoms with van der Waals surface area (Å²) in [6.45, 7) is 17.0. The minimum atomic E-state index is -2.64. The summed E-state index contributed by atoms with van der Waals surface area (Å²) in [4.78, 5) is 0. The smallest absolute Gasteiger partial charge is 0.414 e. The zero-order chi connectivity index (χ0) is 24.1. The second-order valence-corrected chi connectivity index (χ2v) is 12.0. The molecule has 0 atom stereocenters. The van der Waals surface area contributed by atoms with E-state index in [9.17, 15) is 0 Å². The third-order valence-electron chi connectivity index (χ3n) is 6.22. The molecule has 1 aliphatic heterocycles. The van der Waals surface area contributed by atoms with E-state index in [1.807, 2.05) is 6.07 Å². The highest BCUT2D eigenvalue weighted by Gasteiger charge is 2.37. The van der Waals surface area contributed by atoms with Crippen molar-refractivity contribution in [1.29, 1.82) is 0 Å². The maximum absolute atomic E-state index is 15.5. The number of aryl methyl sites for hydroxylation is 2. The highest BCUT2D eigenvalue weighted by Crippen LogP contribution is 2.56. The summed E-state index contributed by atoms with van der Waals surface area (Å²) in [7, 11) is -2.64. The standard InChI is InChI=1S/C29H34FO2P/c1-18-14-21-25(20-12-10-9-11-13-20)22-15-19(2)17-24(29(6,7)8)27(22)32-33(30)31-26(21)23(16-18)28(3,4)5/h9-17,25H,1-8H3. The molecule has 0 fully saturated rings. The van der Waals surface area contributed by atoms with Crippen LogP contribution >= 0.6 is 8.69 Å². The Hall–Kier alpha value is -2.38. The first-order chi connectivity index (χ1) is 15.4. The van der Waals surface area contributed by atoms with Crippen LogP contribution in [-0.4, -0.2) is 0 Å². The van der Waals surface area contributed by atoms with E-state index in [1.165, 1.54) is 0 Å². The van der Waals surface area contributed by atoms with Crippen molar-refractivity contribution in [2.75, 3.05) is 0 Å². The van der Waals surface area contributed by atoms with Gasteiger partial charge >= 0.3 is 8.69 Å². The lowest BCUT2D eigenvalue weighted by atomic mass is 9.76. The van der Waals surface area contributed by atoms with Crippen molar-refractivity contribution in [2.24, 2.45) is 0 Å². The van der Waals surface area contributed by atoms with Crippen LogP contribution < -0.4 is 9.05 Å². The van der Waals surface area contributed by atoms with Crippen LogP contribution in [0.2, 0.25) is 0 Å². The first-order valence-electron chi connectivity index (χ1n) is 11.5. The Labute approximate surface area is 199 Å². The third-order valence-corrected chi connectivity index (χ3v) is 6.87. The molecule has 4 rings (SSSR count). The van der Waals surface area contributed by atoms with Crippen LogP contribution in [0.5, 0.6) is 11.5 Å². The summed E-state index contributed by atoms with van der Waals surface area (Å²) in [6.07, 6.45) is 0.